The number of anilines is 1. The molecule has 1 unspecified atom stereocenters. The Bertz CT molecular complexity index is 1120. The smallest absolute Gasteiger partial charge is 0.263 e. The van der Waals surface area contributed by atoms with Gasteiger partial charge in [0.25, 0.3) is 11.5 Å². The first-order chi connectivity index (χ1) is 16.0. The van der Waals surface area contributed by atoms with Gasteiger partial charge in [0.05, 0.1) is 12.6 Å². The number of benzene rings is 2. The second-order valence-corrected chi connectivity index (χ2v) is 8.72. The fourth-order valence-electron chi connectivity index (χ4n) is 4.15. The van der Waals surface area contributed by atoms with Gasteiger partial charge in [0.15, 0.2) is 0 Å². The van der Waals surface area contributed by atoms with Crippen LogP contribution in [0.2, 0.25) is 0 Å². The Morgan fingerprint density at radius 3 is 2.42 bits per heavy atom. The molecule has 0 radical (unpaired) electrons. The molecule has 1 aromatic heterocycles. The average Bonchev–Trinajstić information content (AvgIpc) is 3.34. The maximum Gasteiger partial charge on any atom is 0.263 e. The van der Waals surface area contributed by atoms with E-state index in [0.717, 1.165) is 36.3 Å². The van der Waals surface area contributed by atoms with E-state index in [0.29, 0.717) is 19.6 Å². The monoisotopic (exact) mass is 445 g/mol. The van der Waals surface area contributed by atoms with Crippen molar-refractivity contribution in [2.75, 3.05) is 32.1 Å². The number of nitrogens with zero attached hydrogens (tertiary/aromatic N) is 3. The third kappa shape index (κ3) is 5.71. The van der Waals surface area contributed by atoms with Crippen molar-refractivity contribution in [2.45, 2.75) is 32.0 Å². The number of aromatic nitrogens is 1. The molecule has 2 heterocycles. The van der Waals surface area contributed by atoms with E-state index in [-0.39, 0.29) is 23.1 Å². The molecule has 4 rings (SSSR count). The van der Waals surface area contributed by atoms with Crippen LogP contribution in [-0.4, -0.2) is 48.7 Å². The van der Waals surface area contributed by atoms with Crippen LogP contribution in [0.4, 0.5) is 5.69 Å². The zero-order valence-electron chi connectivity index (χ0n) is 19.3. The molecule has 1 atom stereocenters. The fourth-order valence-corrected chi connectivity index (χ4v) is 4.15. The molecule has 1 aliphatic heterocycles. The summed E-state index contributed by atoms with van der Waals surface area (Å²) in [5, 5.41) is 0. The Morgan fingerprint density at radius 2 is 1.76 bits per heavy atom. The molecule has 172 valence electrons. The predicted octanol–water partition coefficient (Wildman–Crippen LogP) is 3.78. The molecule has 0 aliphatic carbocycles. The van der Waals surface area contributed by atoms with Gasteiger partial charge in [0.2, 0.25) is 0 Å². The normalized spacial score (nSPS) is 15.4. The van der Waals surface area contributed by atoms with Crippen molar-refractivity contribution < 1.29 is 9.53 Å². The standard InChI is InChI=1S/C27H31N3O3/c1-28(2)23-14-12-22(13-15-23)19-30(20-24-10-7-17-33-24)27(32)25-11-6-16-29(26(25)31)18-21-8-4-3-5-9-21/h3-6,8-9,11-16,24H,7,10,17-20H2,1-2H3. The summed E-state index contributed by atoms with van der Waals surface area (Å²) in [7, 11) is 4.00. The number of ether oxygens (including phenoxy) is 1. The van der Waals surface area contributed by atoms with Crippen LogP contribution >= 0.6 is 0 Å². The van der Waals surface area contributed by atoms with Gasteiger partial charge in [-0.15, -0.1) is 0 Å². The van der Waals surface area contributed by atoms with Gasteiger partial charge < -0.3 is 19.1 Å². The van der Waals surface area contributed by atoms with E-state index in [4.69, 9.17) is 4.74 Å². The number of hydrogen-bond acceptors (Lipinski definition) is 4. The van der Waals surface area contributed by atoms with Crippen LogP contribution in [0.5, 0.6) is 0 Å². The van der Waals surface area contributed by atoms with Crippen molar-refractivity contribution in [1.29, 1.82) is 0 Å². The van der Waals surface area contributed by atoms with Gasteiger partial charge in [-0.3, -0.25) is 9.59 Å². The lowest BCUT2D eigenvalue weighted by atomic mass is 10.1. The highest BCUT2D eigenvalue weighted by Gasteiger charge is 2.25. The second-order valence-electron chi connectivity index (χ2n) is 8.72. The predicted molar refractivity (Wildman–Crippen MR) is 131 cm³/mol. The van der Waals surface area contributed by atoms with Crippen molar-refractivity contribution in [3.63, 3.8) is 0 Å². The van der Waals surface area contributed by atoms with Crippen molar-refractivity contribution in [3.05, 3.63) is 100.0 Å². The van der Waals surface area contributed by atoms with Crippen LogP contribution in [0.3, 0.4) is 0 Å². The van der Waals surface area contributed by atoms with Gasteiger partial charge in [-0.05, 0) is 48.2 Å². The maximum atomic E-state index is 13.6. The number of hydrogen-bond donors (Lipinski definition) is 0. The van der Waals surface area contributed by atoms with E-state index < -0.39 is 0 Å². The van der Waals surface area contributed by atoms with Crippen LogP contribution in [0, 0.1) is 0 Å². The summed E-state index contributed by atoms with van der Waals surface area (Å²) < 4.78 is 7.40. The molecular formula is C27H31N3O3. The number of amides is 1. The van der Waals surface area contributed by atoms with Crippen molar-refractivity contribution >= 4 is 11.6 Å². The van der Waals surface area contributed by atoms with Crippen molar-refractivity contribution in [2.24, 2.45) is 0 Å². The van der Waals surface area contributed by atoms with E-state index in [1.165, 1.54) is 0 Å². The first-order valence-electron chi connectivity index (χ1n) is 11.4. The Balaban J connectivity index is 1.59. The van der Waals surface area contributed by atoms with E-state index in [1.54, 1.807) is 27.8 Å². The fraction of sp³-hybridized carbons (Fsp3) is 0.333. The largest absolute Gasteiger partial charge is 0.378 e. The minimum atomic E-state index is -0.272. The molecule has 6 heteroatoms. The van der Waals surface area contributed by atoms with Crippen molar-refractivity contribution in [1.82, 2.24) is 9.47 Å². The highest BCUT2D eigenvalue weighted by atomic mass is 16.5. The summed E-state index contributed by atoms with van der Waals surface area (Å²) in [6, 6.07) is 21.3. The lowest BCUT2D eigenvalue weighted by molar-refractivity contribution is 0.0505. The Kier molecular flexibility index (Phi) is 7.25. The molecule has 0 bridgehead atoms. The first kappa shape index (κ1) is 22.8. The zero-order valence-corrected chi connectivity index (χ0v) is 19.3. The molecule has 3 aromatic rings. The van der Waals surface area contributed by atoms with Gasteiger partial charge in [-0.2, -0.15) is 0 Å². The highest BCUT2D eigenvalue weighted by molar-refractivity contribution is 5.93. The van der Waals surface area contributed by atoms with E-state index >= 15 is 0 Å². The average molecular weight is 446 g/mol. The van der Waals surface area contributed by atoms with Crippen LogP contribution in [0.1, 0.15) is 34.3 Å². The molecule has 6 nitrogen and oxygen atoms in total. The maximum absolute atomic E-state index is 13.6. The number of pyridine rings is 1. The van der Waals surface area contributed by atoms with Gasteiger partial charge in [0, 0.05) is 45.7 Å². The van der Waals surface area contributed by atoms with E-state index in [9.17, 15) is 9.59 Å². The zero-order chi connectivity index (χ0) is 23.2. The molecule has 1 amide bonds. The second kappa shape index (κ2) is 10.5. The topological polar surface area (TPSA) is 54.8 Å². The van der Waals surface area contributed by atoms with Crippen LogP contribution < -0.4 is 10.5 Å². The lowest BCUT2D eigenvalue weighted by Gasteiger charge is -2.26. The SMILES string of the molecule is CN(C)c1ccc(CN(CC2CCCO2)C(=O)c2cccn(Cc3ccccc3)c2=O)cc1. The molecule has 2 aromatic carbocycles. The quantitative estimate of drug-likeness (QED) is 0.530. The number of rotatable bonds is 8. The van der Waals surface area contributed by atoms with Gasteiger partial charge >= 0.3 is 0 Å². The molecule has 33 heavy (non-hydrogen) atoms. The minimum Gasteiger partial charge on any atom is -0.378 e. The lowest BCUT2D eigenvalue weighted by Crippen LogP contribution is -2.40. The Morgan fingerprint density at radius 1 is 1.00 bits per heavy atom. The summed E-state index contributed by atoms with van der Waals surface area (Å²) in [6.45, 7) is 2.05. The molecule has 1 fully saturated rings. The number of carbonyl (C=O) groups is 1. The summed E-state index contributed by atoms with van der Waals surface area (Å²) in [4.78, 5) is 30.6. The van der Waals surface area contributed by atoms with Crippen molar-refractivity contribution in [3.8, 4) is 0 Å². The molecule has 0 spiro atoms. The van der Waals surface area contributed by atoms with Crippen LogP contribution in [0.25, 0.3) is 0 Å². The number of carbonyl (C=O) groups excluding carboxylic acids is 1. The summed E-state index contributed by atoms with van der Waals surface area (Å²) in [5.41, 5.74) is 3.06. The molecule has 0 N–H and O–H groups in total. The molecular weight excluding hydrogens is 414 g/mol. The summed E-state index contributed by atoms with van der Waals surface area (Å²) in [5.74, 6) is -0.255. The van der Waals surface area contributed by atoms with Crippen LogP contribution in [0.15, 0.2) is 77.7 Å². The third-order valence-corrected chi connectivity index (χ3v) is 6.01. The van der Waals surface area contributed by atoms with Crippen LogP contribution in [-0.2, 0) is 17.8 Å². The summed E-state index contributed by atoms with van der Waals surface area (Å²) >= 11 is 0. The first-order valence-corrected chi connectivity index (χ1v) is 11.4. The van der Waals surface area contributed by atoms with Gasteiger partial charge in [-0.25, -0.2) is 0 Å². The summed E-state index contributed by atoms with van der Waals surface area (Å²) in [6.07, 6.45) is 3.66. The van der Waals surface area contributed by atoms with E-state index in [1.807, 2.05) is 73.6 Å². The highest BCUT2D eigenvalue weighted by Crippen LogP contribution is 2.18. The Hall–Kier alpha value is -3.38. The molecule has 1 aliphatic rings. The van der Waals surface area contributed by atoms with Gasteiger partial charge in [-0.1, -0.05) is 42.5 Å². The Labute approximate surface area is 195 Å². The molecule has 1 saturated heterocycles. The van der Waals surface area contributed by atoms with E-state index in [2.05, 4.69) is 0 Å². The van der Waals surface area contributed by atoms with Gasteiger partial charge in [0.1, 0.15) is 5.56 Å². The molecule has 0 saturated carbocycles. The third-order valence-electron chi connectivity index (χ3n) is 6.01. The minimum absolute atomic E-state index is 0.00487.